The van der Waals surface area contributed by atoms with Crippen molar-refractivity contribution in [3.8, 4) is 22.4 Å². The summed E-state index contributed by atoms with van der Waals surface area (Å²) in [7, 11) is 0. The molecule has 2 heterocycles. The molecule has 0 spiro atoms. The van der Waals surface area contributed by atoms with Gasteiger partial charge in [-0.1, -0.05) is 54.6 Å². The van der Waals surface area contributed by atoms with Gasteiger partial charge in [0.25, 0.3) is 0 Å². The van der Waals surface area contributed by atoms with Gasteiger partial charge in [-0.15, -0.1) is 10.2 Å². The monoisotopic (exact) mass is 301 g/mol. The topological polar surface area (TPSA) is 80.5 Å². The van der Waals surface area contributed by atoms with Crippen molar-refractivity contribution in [2.75, 3.05) is 5.73 Å². The highest BCUT2D eigenvalue weighted by molar-refractivity contribution is 6.04. The molecule has 4 rings (SSSR count). The van der Waals surface area contributed by atoms with Gasteiger partial charge in [-0.3, -0.25) is 5.10 Å². The first-order valence-corrected chi connectivity index (χ1v) is 7.37. The number of aromatic amines is 1. The minimum absolute atomic E-state index is 0.503. The molecular formula is C18H15N5. The third-order valence-corrected chi connectivity index (χ3v) is 3.97. The molecule has 2 aromatic heterocycles. The number of nitrogens with zero attached hydrogens (tertiary/aromatic N) is 3. The Kier molecular flexibility index (Phi) is 3.05. The van der Waals surface area contributed by atoms with Crippen LogP contribution in [0, 0.1) is 6.92 Å². The van der Waals surface area contributed by atoms with E-state index in [4.69, 9.17) is 5.73 Å². The number of hydrogen-bond acceptors (Lipinski definition) is 4. The molecule has 0 saturated carbocycles. The Balaban J connectivity index is 2.13. The third-order valence-electron chi connectivity index (χ3n) is 3.97. The lowest BCUT2D eigenvalue weighted by Crippen LogP contribution is -1.97. The Morgan fingerprint density at radius 3 is 2.43 bits per heavy atom. The number of anilines is 1. The first kappa shape index (κ1) is 13.5. The quantitative estimate of drug-likeness (QED) is 0.593. The summed E-state index contributed by atoms with van der Waals surface area (Å²) >= 11 is 0. The first-order valence-electron chi connectivity index (χ1n) is 7.37. The summed E-state index contributed by atoms with van der Waals surface area (Å²) in [5.74, 6) is 0.503. The van der Waals surface area contributed by atoms with Crippen molar-refractivity contribution in [3.63, 3.8) is 0 Å². The van der Waals surface area contributed by atoms with Gasteiger partial charge >= 0.3 is 0 Å². The molecule has 0 aliphatic carbocycles. The summed E-state index contributed by atoms with van der Waals surface area (Å²) in [5, 5.41) is 16.4. The van der Waals surface area contributed by atoms with Gasteiger partial charge in [-0.2, -0.15) is 5.10 Å². The van der Waals surface area contributed by atoms with E-state index in [9.17, 15) is 0 Å². The highest BCUT2D eigenvalue weighted by Gasteiger charge is 2.19. The molecule has 0 saturated heterocycles. The molecule has 0 bridgehead atoms. The van der Waals surface area contributed by atoms with E-state index in [1.807, 2.05) is 48.5 Å². The van der Waals surface area contributed by atoms with Gasteiger partial charge in [0.15, 0.2) is 0 Å². The summed E-state index contributed by atoms with van der Waals surface area (Å²) in [5.41, 5.74) is 11.6. The SMILES string of the molecule is Cc1ccccc1-c1nnc2n[nH]c(N)c2c1-c1ccccc1. The lowest BCUT2D eigenvalue weighted by molar-refractivity contribution is 1.03. The lowest BCUT2D eigenvalue weighted by atomic mass is 9.95. The van der Waals surface area contributed by atoms with Crippen molar-refractivity contribution in [1.82, 2.24) is 20.4 Å². The van der Waals surface area contributed by atoms with Crippen LogP contribution in [0.5, 0.6) is 0 Å². The Bertz CT molecular complexity index is 989. The van der Waals surface area contributed by atoms with Crippen molar-refractivity contribution >= 4 is 16.9 Å². The van der Waals surface area contributed by atoms with Crippen LogP contribution in [0.25, 0.3) is 33.4 Å². The van der Waals surface area contributed by atoms with E-state index >= 15 is 0 Å². The van der Waals surface area contributed by atoms with Gasteiger partial charge in [0.05, 0.1) is 5.39 Å². The predicted molar refractivity (Wildman–Crippen MR) is 91.7 cm³/mol. The molecule has 0 aliphatic rings. The summed E-state index contributed by atoms with van der Waals surface area (Å²) in [6.07, 6.45) is 0. The third kappa shape index (κ3) is 2.14. The van der Waals surface area contributed by atoms with Crippen molar-refractivity contribution in [2.24, 2.45) is 0 Å². The lowest BCUT2D eigenvalue weighted by Gasteiger charge is -2.12. The molecule has 0 radical (unpaired) electrons. The van der Waals surface area contributed by atoms with E-state index < -0.39 is 0 Å². The van der Waals surface area contributed by atoms with Gasteiger partial charge in [0.1, 0.15) is 11.5 Å². The fourth-order valence-corrected chi connectivity index (χ4v) is 2.84. The molecule has 23 heavy (non-hydrogen) atoms. The van der Waals surface area contributed by atoms with Crippen LogP contribution in [0.1, 0.15) is 5.56 Å². The Morgan fingerprint density at radius 1 is 0.913 bits per heavy atom. The van der Waals surface area contributed by atoms with Crippen molar-refractivity contribution in [2.45, 2.75) is 6.92 Å². The maximum absolute atomic E-state index is 6.11. The maximum atomic E-state index is 6.11. The molecule has 0 amide bonds. The van der Waals surface area contributed by atoms with Crippen LogP contribution in [-0.4, -0.2) is 20.4 Å². The molecule has 3 N–H and O–H groups in total. The van der Waals surface area contributed by atoms with Gasteiger partial charge in [0, 0.05) is 11.1 Å². The maximum Gasteiger partial charge on any atom is 0.205 e. The number of nitrogens with one attached hydrogen (secondary N) is 1. The highest BCUT2D eigenvalue weighted by Crippen LogP contribution is 2.38. The van der Waals surface area contributed by atoms with Crippen LogP contribution in [0.4, 0.5) is 5.82 Å². The second-order valence-corrected chi connectivity index (χ2v) is 5.44. The zero-order chi connectivity index (χ0) is 15.8. The summed E-state index contributed by atoms with van der Waals surface area (Å²) in [6, 6.07) is 18.2. The minimum atomic E-state index is 0.503. The molecule has 0 aliphatic heterocycles. The first-order chi connectivity index (χ1) is 11.3. The number of benzene rings is 2. The van der Waals surface area contributed by atoms with E-state index in [0.29, 0.717) is 11.5 Å². The Morgan fingerprint density at radius 2 is 1.65 bits per heavy atom. The number of aryl methyl sites for hydroxylation is 1. The fraction of sp³-hybridized carbons (Fsp3) is 0.0556. The summed E-state index contributed by atoms with van der Waals surface area (Å²) < 4.78 is 0. The Labute approximate surface area is 133 Å². The van der Waals surface area contributed by atoms with E-state index in [0.717, 1.165) is 33.3 Å². The number of nitrogens with two attached hydrogens (primary N) is 1. The number of fused-ring (bicyclic) bond motifs is 1. The molecule has 5 heteroatoms. The van der Waals surface area contributed by atoms with Crippen LogP contribution in [0.2, 0.25) is 0 Å². The highest BCUT2D eigenvalue weighted by atomic mass is 15.2. The largest absolute Gasteiger partial charge is 0.383 e. The summed E-state index contributed by atoms with van der Waals surface area (Å²) in [6.45, 7) is 2.06. The molecule has 4 aromatic rings. The average Bonchev–Trinajstić information content (AvgIpc) is 2.97. The number of hydrogen-bond donors (Lipinski definition) is 2. The van der Waals surface area contributed by atoms with Gasteiger partial charge in [-0.05, 0) is 18.1 Å². The van der Waals surface area contributed by atoms with Crippen molar-refractivity contribution < 1.29 is 0 Å². The van der Waals surface area contributed by atoms with Crippen LogP contribution >= 0.6 is 0 Å². The average molecular weight is 301 g/mol. The number of aromatic nitrogens is 4. The second-order valence-electron chi connectivity index (χ2n) is 5.44. The zero-order valence-corrected chi connectivity index (χ0v) is 12.6. The molecule has 5 nitrogen and oxygen atoms in total. The molecule has 0 fully saturated rings. The molecule has 0 unspecified atom stereocenters. The summed E-state index contributed by atoms with van der Waals surface area (Å²) in [4.78, 5) is 0. The Hall–Kier alpha value is -3.21. The van der Waals surface area contributed by atoms with Crippen LogP contribution in [0.15, 0.2) is 54.6 Å². The minimum Gasteiger partial charge on any atom is -0.383 e. The van der Waals surface area contributed by atoms with E-state index in [1.165, 1.54) is 0 Å². The molecule has 0 atom stereocenters. The number of H-pyrrole nitrogens is 1. The predicted octanol–water partition coefficient (Wildman–Crippen LogP) is 3.58. The molecular weight excluding hydrogens is 286 g/mol. The molecule has 112 valence electrons. The van der Waals surface area contributed by atoms with Crippen molar-refractivity contribution in [3.05, 3.63) is 60.2 Å². The second kappa shape index (κ2) is 5.21. The normalized spacial score (nSPS) is 11.0. The van der Waals surface area contributed by atoms with E-state index in [-0.39, 0.29) is 0 Å². The van der Waals surface area contributed by atoms with E-state index in [2.05, 4.69) is 33.4 Å². The smallest absolute Gasteiger partial charge is 0.205 e. The number of rotatable bonds is 2. The van der Waals surface area contributed by atoms with Gasteiger partial charge in [0.2, 0.25) is 5.65 Å². The molecule has 2 aromatic carbocycles. The van der Waals surface area contributed by atoms with Crippen LogP contribution < -0.4 is 5.73 Å². The van der Waals surface area contributed by atoms with Crippen molar-refractivity contribution in [1.29, 1.82) is 0 Å². The number of nitrogen functional groups attached to an aromatic ring is 1. The van der Waals surface area contributed by atoms with Gasteiger partial charge in [-0.25, -0.2) is 0 Å². The zero-order valence-electron chi connectivity index (χ0n) is 12.6. The van der Waals surface area contributed by atoms with Crippen LogP contribution in [-0.2, 0) is 0 Å². The van der Waals surface area contributed by atoms with E-state index in [1.54, 1.807) is 0 Å². The van der Waals surface area contributed by atoms with Gasteiger partial charge < -0.3 is 5.73 Å². The van der Waals surface area contributed by atoms with Crippen LogP contribution in [0.3, 0.4) is 0 Å². The standard InChI is InChI=1S/C18H15N5/c1-11-7-5-6-10-13(11)16-14(12-8-3-2-4-9-12)15-17(19)21-23-18(15)22-20-16/h2-10H,1H3,(H3,19,21,22,23). The fourth-order valence-electron chi connectivity index (χ4n) is 2.84.